The summed E-state index contributed by atoms with van der Waals surface area (Å²) in [5.41, 5.74) is 3.43. The summed E-state index contributed by atoms with van der Waals surface area (Å²) in [7, 11) is 0. The number of thiazole rings is 1. The molecule has 0 aliphatic carbocycles. The predicted octanol–water partition coefficient (Wildman–Crippen LogP) is 3.84. The summed E-state index contributed by atoms with van der Waals surface area (Å²) in [4.78, 5) is 21.5. The lowest BCUT2D eigenvalue weighted by Crippen LogP contribution is -2.49. The van der Waals surface area contributed by atoms with Crippen LogP contribution in [0.2, 0.25) is 0 Å². The number of nitrogens with zero attached hydrogens (tertiary/aromatic N) is 3. The second kappa shape index (κ2) is 9.20. The zero-order valence-electron chi connectivity index (χ0n) is 16.6. The molecule has 150 valence electrons. The van der Waals surface area contributed by atoms with Gasteiger partial charge in [0, 0.05) is 43.7 Å². The summed E-state index contributed by atoms with van der Waals surface area (Å²) in [6.45, 7) is 6.11. The Bertz CT molecular complexity index is 932. The number of rotatable bonds is 6. The van der Waals surface area contributed by atoms with Crippen molar-refractivity contribution < 1.29 is 9.53 Å². The first-order chi connectivity index (χ1) is 14.2. The third-order valence-electron chi connectivity index (χ3n) is 5.07. The first-order valence-electron chi connectivity index (χ1n) is 9.87. The van der Waals surface area contributed by atoms with Crippen molar-refractivity contribution in [2.75, 3.05) is 32.8 Å². The molecule has 4 rings (SSSR count). The van der Waals surface area contributed by atoms with Crippen LogP contribution in [-0.4, -0.2) is 53.5 Å². The van der Waals surface area contributed by atoms with E-state index in [9.17, 15) is 4.79 Å². The standard InChI is InChI=1S/C23H25N3O2S/c1-18-7-9-21(10-8-18)28-16-22(27)26-13-11-25(12-14-26)15-20-17-29-23(24-20)19-5-3-2-4-6-19/h2-10,17H,11-16H2,1H3. The Labute approximate surface area is 175 Å². The van der Waals surface area contributed by atoms with Crippen LogP contribution in [-0.2, 0) is 11.3 Å². The summed E-state index contributed by atoms with van der Waals surface area (Å²) in [6.07, 6.45) is 0. The first kappa shape index (κ1) is 19.6. The van der Waals surface area contributed by atoms with Crippen LogP contribution >= 0.6 is 11.3 Å². The highest BCUT2D eigenvalue weighted by atomic mass is 32.1. The highest BCUT2D eigenvalue weighted by Crippen LogP contribution is 2.24. The molecule has 1 fully saturated rings. The van der Waals surface area contributed by atoms with E-state index in [0.29, 0.717) is 0 Å². The zero-order chi connectivity index (χ0) is 20.1. The smallest absolute Gasteiger partial charge is 0.260 e. The van der Waals surface area contributed by atoms with Gasteiger partial charge in [0.1, 0.15) is 10.8 Å². The van der Waals surface area contributed by atoms with Gasteiger partial charge in [0.2, 0.25) is 0 Å². The molecule has 1 saturated heterocycles. The monoisotopic (exact) mass is 407 g/mol. The lowest BCUT2D eigenvalue weighted by atomic mass is 10.2. The maximum absolute atomic E-state index is 12.4. The largest absolute Gasteiger partial charge is 0.484 e. The fourth-order valence-electron chi connectivity index (χ4n) is 3.35. The number of hydrogen-bond donors (Lipinski definition) is 0. The number of aryl methyl sites for hydroxylation is 1. The van der Waals surface area contributed by atoms with Crippen LogP contribution in [0, 0.1) is 6.92 Å². The van der Waals surface area contributed by atoms with Gasteiger partial charge < -0.3 is 9.64 Å². The van der Waals surface area contributed by atoms with Gasteiger partial charge in [0.15, 0.2) is 6.61 Å². The molecule has 0 spiro atoms. The van der Waals surface area contributed by atoms with Crippen molar-refractivity contribution in [2.45, 2.75) is 13.5 Å². The van der Waals surface area contributed by atoms with Crippen molar-refractivity contribution in [3.63, 3.8) is 0 Å². The van der Waals surface area contributed by atoms with Crippen LogP contribution in [0.15, 0.2) is 60.0 Å². The number of hydrogen-bond acceptors (Lipinski definition) is 5. The van der Waals surface area contributed by atoms with E-state index in [1.165, 1.54) is 5.56 Å². The van der Waals surface area contributed by atoms with Crippen molar-refractivity contribution in [2.24, 2.45) is 0 Å². The summed E-state index contributed by atoms with van der Waals surface area (Å²) in [5.74, 6) is 0.783. The van der Waals surface area contributed by atoms with Gasteiger partial charge in [0.25, 0.3) is 5.91 Å². The Kier molecular flexibility index (Phi) is 6.22. The third kappa shape index (κ3) is 5.22. The molecule has 5 nitrogen and oxygen atoms in total. The van der Waals surface area contributed by atoms with Gasteiger partial charge in [0.05, 0.1) is 5.69 Å². The fraction of sp³-hybridized carbons (Fsp3) is 0.304. The Morgan fingerprint density at radius 2 is 1.76 bits per heavy atom. The molecule has 0 saturated carbocycles. The summed E-state index contributed by atoms with van der Waals surface area (Å²) >= 11 is 1.68. The second-order valence-corrected chi connectivity index (χ2v) is 8.13. The van der Waals surface area contributed by atoms with E-state index in [4.69, 9.17) is 9.72 Å². The molecule has 1 amide bonds. The van der Waals surface area contributed by atoms with E-state index in [0.717, 1.165) is 54.7 Å². The minimum atomic E-state index is 0.0465. The molecule has 1 aliphatic heterocycles. The molecule has 1 aromatic heterocycles. The number of benzene rings is 2. The molecule has 2 aromatic carbocycles. The van der Waals surface area contributed by atoms with Crippen molar-refractivity contribution in [3.8, 4) is 16.3 Å². The molecule has 0 unspecified atom stereocenters. The molecule has 1 aliphatic rings. The molecule has 29 heavy (non-hydrogen) atoms. The molecular weight excluding hydrogens is 382 g/mol. The number of ether oxygens (including phenoxy) is 1. The predicted molar refractivity (Wildman–Crippen MR) is 116 cm³/mol. The number of amides is 1. The van der Waals surface area contributed by atoms with Crippen LogP contribution in [0.25, 0.3) is 10.6 Å². The van der Waals surface area contributed by atoms with Crippen LogP contribution < -0.4 is 4.74 Å². The second-order valence-electron chi connectivity index (χ2n) is 7.27. The highest BCUT2D eigenvalue weighted by molar-refractivity contribution is 7.13. The van der Waals surface area contributed by atoms with Crippen LogP contribution in [0.5, 0.6) is 5.75 Å². The molecular formula is C23H25N3O2S. The summed E-state index contributed by atoms with van der Waals surface area (Å²) in [5, 5.41) is 3.19. The van der Waals surface area contributed by atoms with E-state index in [-0.39, 0.29) is 12.5 Å². The molecule has 2 heterocycles. The quantitative estimate of drug-likeness (QED) is 0.623. The van der Waals surface area contributed by atoms with Crippen molar-refractivity contribution in [1.29, 1.82) is 0 Å². The maximum Gasteiger partial charge on any atom is 0.260 e. The Morgan fingerprint density at radius 1 is 1.03 bits per heavy atom. The summed E-state index contributed by atoms with van der Waals surface area (Å²) < 4.78 is 5.63. The Hall–Kier alpha value is -2.70. The van der Waals surface area contributed by atoms with Crippen molar-refractivity contribution >= 4 is 17.2 Å². The maximum atomic E-state index is 12.4. The summed E-state index contributed by atoms with van der Waals surface area (Å²) in [6, 6.07) is 18.0. The number of carbonyl (C=O) groups excluding carboxylic acids is 1. The average molecular weight is 408 g/mol. The van der Waals surface area contributed by atoms with E-state index in [1.54, 1.807) is 11.3 Å². The molecule has 0 radical (unpaired) electrons. The van der Waals surface area contributed by atoms with Crippen LogP contribution in [0.4, 0.5) is 0 Å². The zero-order valence-corrected chi connectivity index (χ0v) is 17.4. The number of piperazine rings is 1. The lowest BCUT2D eigenvalue weighted by molar-refractivity contribution is -0.135. The van der Waals surface area contributed by atoms with Gasteiger partial charge in [-0.15, -0.1) is 11.3 Å². The third-order valence-corrected chi connectivity index (χ3v) is 6.01. The van der Waals surface area contributed by atoms with Gasteiger partial charge >= 0.3 is 0 Å². The normalized spacial score (nSPS) is 14.7. The van der Waals surface area contributed by atoms with Gasteiger partial charge in [-0.05, 0) is 19.1 Å². The van der Waals surface area contributed by atoms with Gasteiger partial charge in [-0.1, -0.05) is 48.0 Å². The molecule has 3 aromatic rings. The van der Waals surface area contributed by atoms with Gasteiger partial charge in [-0.3, -0.25) is 9.69 Å². The Balaban J connectivity index is 1.23. The van der Waals surface area contributed by atoms with E-state index in [1.807, 2.05) is 54.3 Å². The van der Waals surface area contributed by atoms with E-state index in [2.05, 4.69) is 22.4 Å². The average Bonchev–Trinajstić information content (AvgIpc) is 3.23. The van der Waals surface area contributed by atoms with Gasteiger partial charge in [-0.25, -0.2) is 4.98 Å². The first-order valence-corrected chi connectivity index (χ1v) is 10.7. The Morgan fingerprint density at radius 3 is 2.48 bits per heavy atom. The fourth-order valence-corrected chi connectivity index (χ4v) is 4.17. The molecule has 0 bridgehead atoms. The SMILES string of the molecule is Cc1ccc(OCC(=O)N2CCN(Cc3csc(-c4ccccc4)n3)CC2)cc1. The van der Waals surface area contributed by atoms with Gasteiger partial charge in [-0.2, -0.15) is 0 Å². The topological polar surface area (TPSA) is 45.7 Å². The number of aromatic nitrogens is 1. The molecule has 0 N–H and O–H groups in total. The van der Waals surface area contributed by atoms with E-state index >= 15 is 0 Å². The highest BCUT2D eigenvalue weighted by Gasteiger charge is 2.22. The van der Waals surface area contributed by atoms with Crippen molar-refractivity contribution in [3.05, 3.63) is 71.2 Å². The molecule has 6 heteroatoms. The van der Waals surface area contributed by atoms with Crippen LogP contribution in [0.1, 0.15) is 11.3 Å². The lowest BCUT2D eigenvalue weighted by Gasteiger charge is -2.34. The van der Waals surface area contributed by atoms with Crippen LogP contribution in [0.3, 0.4) is 0 Å². The molecule has 0 atom stereocenters. The minimum Gasteiger partial charge on any atom is -0.484 e. The number of carbonyl (C=O) groups is 1. The van der Waals surface area contributed by atoms with E-state index < -0.39 is 0 Å². The minimum absolute atomic E-state index is 0.0465. The van der Waals surface area contributed by atoms with Crippen molar-refractivity contribution in [1.82, 2.24) is 14.8 Å².